The maximum Gasteiger partial charge on any atom is 0.302 e. The van der Waals surface area contributed by atoms with E-state index in [0.29, 0.717) is 24.0 Å². The van der Waals surface area contributed by atoms with Gasteiger partial charge in [0, 0.05) is 25.2 Å². The topological polar surface area (TPSA) is 60.4 Å². The molecule has 0 spiro atoms. The smallest absolute Gasteiger partial charge is 0.302 e. The van der Waals surface area contributed by atoms with Crippen molar-refractivity contribution in [3.05, 3.63) is 11.6 Å². The molecule has 0 aliphatic heterocycles. The van der Waals surface area contributed by atoms with Crippen LogP contribution in [0.15, 0.2) is 11.6 Å². The van der Waals surface area contributed by atoms with Crippen LogP contribution in [0.5, 0.6) is 0 Å². The van der Waals surface area contributed by atoms with Gasteiger partial charge in [-0.3, -0.25) is 14.4 Å². The monoisotopic (exact) mass is 372 g/mol. The minimum atomic E-state index is -0.237. The van der Waals surface area contributed by atoms with Crippen LogP contribution in [0.4, 0.5) is 0 Å². The van der Waals surface area contributed by atoms with Crippen molar-refractivity contribution in [1.29, 1.82) is 0 Å². The molecule has 4 aliphatic rings. The van der Waals surface area contributed by atoms with Crippen LogP contribution in [-0.2, 0) is 19.1 Å². The third-order valence-electron chi connectivity index (χ3n) is 8.72. The fourth-order valence-electron chi connectivity index (χ4n) is 7.37. The van der Waals surface area contributed by atoms with E-state index in [9.17, 15) is 14.4 Å². The number of Topliss-reactive ketones (excluding diaryl/α,β-unsaturated/α-hetero) is 1. The molecule has 0 radical (unpaired) electrons. The van der Waals surface area contributed by atoms with Gasteiger partial charge in [-0.2, -0.15) is 0 Å². The Morgan fingerprint density at radius 2 is 1.78 bits per heavy atom. The van der Waals surface area contributed by atoms with Crippen molar-refractivity contribution in [1.82, 2.24) is 0 Å². The van der Waals surface area contributed by atoms with Gasteiger partial charge in [-0.15, -0.1) is 0 Å². The highest BCUT2D eigenvalue weighted by molar-refractivity contribution is 5.95. The Balaban J connectivity index is 1.65. The molecule has 0 amide bonds. The molecule has 0 aromatic carbocycles. The zero-order chi connectivity index (χ0) is 19.6. The van der Waals surface area contributed by atoms with E-state index in [4.69, 9.17) is 4.74 Å². The molecule has 27 heavy (non-hydrogen) atoms. The second kappa shape index (κ2) is 6.28. The predicted octanol–water partition coefficient (Wildman–Crippen LogP) is 4.27. The molecule has 0 aromatic rings. The van der Waals surface area contributed by atoms with Crippen molar-refractivity contribution in [2.45, 2.75) is 78.7 Å². The number of ether oxygens (including phenoxy) is 1. The van der Waals surface area contributed by atoms with Crippen molar-refractivity contribution >= 4 is 17.5 Å². The van der Waals surface area contributed by atoms with Crippen molar-refractivity contribution in [2.75, 3.05) is 0 Å². The SMILES string of the molecule is CC(=O)O[C@H]1CC[C@@]2(C)C(=CC(=O)[C@H]3[C@@H]4CC[C@@H](C(C)=O)[C@@]4(C)CC[C@@H]32)C1. The lowest BCUT2D eigenvalue weighted by Gasteiger charge is -2.57. The maximum absolute atomic E-state index is 13.2. The van der Waals surface area contributed by atoms with E-state index in [1.165, 1.54) is 12.5 Å². The number of fused-ring (bicyclic) bond motifs is 5. The maximum atomic E-state index is 13.2. The lowest BCUT2D eigenvalue weighted by atomic mass is 9.47. The molecule has 7 atom stereocenters. The Hall–Kier alpha value is -1.45. The summed E-state index contributed by atoms with van der Waals surface area (Å²) in [4.78, 5) is 36.8. The summed E-state index contributed by atoms with van der Waals surface area (Å²) in [5.74, 6) is 1.20. The van der Waals surface area contributed by atoms with Crippen LogP contribution in [0.2, 0.25) is 0 Å². The van der Waals surface area contributed by atoms with Crippen LogP contribution in [0.1, 0.15) is 72.6 Å². The first kappa shape index (κ1) is 18.9. The fraction of sp³-hybridized carbons (Fsp3) is 0.783. The van der Waals surface area contributed by atoms with Gasteiger partial charge in [0.15, 0.2) is 5.78 Å². The summed E-state index contributed by atoms with van der Waals surface area (Å²) in [6.07, 6.45) is 8.37. The molecule has 0 N–H and O–H groups in total. The van der Waals surface area contributed by atoms with Gasteiger partial charge in [0.05, 0.1) is 0 Å². The molecule has 3 saturated carbocycles. The largest absolute Gasteiger partial charge is 0.462 e. The van der Waals surface area contributed by atoms with Gasteiger partial charge >= 0.3 is 5.97 Å². The zero-order valence-corrected chi connectivity index (χ0v) is 17.0. The number of hydrogen-bond acceptors (Lipinski definition) is 4. The van der Waals surface area contributed by atoms with Gasteiger partial charge in [0.25, 0.3) is 0 Å². The number of ketones is 2. The summed E-state index contributed by atoms with van der Waals surface area (Å²) in [7, 11) is 0. The van der Waals surface area contributed by atoms with Crippen LogP contribution in [0.3, 0.4) is 0 Å². The lowest BCUT2D eigenvalue weighted by Crippen LogP contribution is -2.54. The Morgan fingerprint density at radius 1 is 1.04 bits per heavy atom. The Bertz CT molecular complexity index is 722. The number of carbonyl (C=O) groups is 3. The third-order valence-corrected chi connectivity index (χ3v) is 8.72. The first-order valence-corrected chi connectivity index (χ1v) is 10.6. The minimum absolute atomic E-state index is 0.0146. The number of allylic oxidation sites excluding steroid dienone is 1. The summed E-state index contributed by atoms with van der Waals surface area (Å²) in [6, 6.07) is 0. The average molecular weight is 373 g/mol. The molecule has 4 nitrogen and oxygen atoms in total. The van der Waals surface area contributed by atoms with Gasteiger partial charge < -0.3 is 4.74 Å². The van der Waals surface area contributed by atoms with E-state index in [0.717, 1.165) is 38.5 Å². The van der Waals surface area contributed by atoms with Gasteiger partial charge in [-0.25, -0.2) is 0 Å². The average Bonchev–Trinajstić information content (AvgIpc) is 2.93. The van der Waals surface area contributed by atoms with Crippen LogP contribution < -0.4 is 0 Å². The van der Waals surface area contributed by atoms with Gasteiger partial charge in [0.1, 0.15) is 11.9 Å². The summed E-state index contributed by atoms with van der Waals surface area (Å²) in [6.45, 7) is 7.77. The normalized spacial score (nSPS) is 46.0. The molecular formula is C23H32O4. The highest BCUT2D eigenvalue weighted by atomic mass is 16.5. The molecule has 0 bridgehead atoms. The highest BCUT2D eigenvalue weighted by Gasteiger charge is 2.61. The molecule has 0 aromatic heterocycles. The first-order valence-electron chi connectivity index (χ1n) is 10.6. The van der Waals surface area contributed by atoms with E-state index < -0.39 is 0 Å². The summed E-state index contributed by atoms with van der Waals surface area (Å²) < 4.78 is 5.45. The summed E-state index contributed by atoms with van der Waals surface area (Å²) in [5, 5.41) is 0. The van der Waals surface area contributed by atoms with Gasteiger partial charge in [0.2, 0.25) is 0 Å². The van der Waals surface area contributed by atoms with Crippen LogP contribution in [0.25, 0.3) is 0 Å². The predicted molar refractivity (Wildman–Crippen MR) is 102 cm³/mol. The molecule has 3 fully saturated rings. The number of esters is 1. The Kier molecular flexibility index (Phi) is 4.40. The number of carbonyl (C=O) groups excluding carboxylic acids is 3. The quantitative estimate of drug-likeness (QED) is 0.679. The second-order valence-electron chi connectivity index (χ2n) is 9.99. The third kappa shape index (κ3) is 2.74. The van der Waals surface area contributed by atoms with Crippen molar-refractivity contribution in [2.24, 2.45) is 34.5 Å². The number of hydrogen-bond donors (Lipinski definition) is 0. The summed E-state index contributed by atoms with van der Waals surface area (Å²) >= 11 is 0. The molecule has 0 saturated heterocycles. The molecule has 148 valence electrons. The standard InChI is InChI=1S/C23H32O4/c1-13(24)17-5-6-18-21-19(8-10-23(17,18)4)22(3)9-7-16(27-14(2)25)11-15(22)12-20(21)26/h12,16-19,21H,5-11H2,1-4H3/t16-,17-,18-,19-,21-,22-,23+/m0/s1. The Labute approximate surface area is 162 Å². The van der Waals surface area contributed by atoms with Crippen molar-refractivity contribution in [3.8, 4) is 0 Å². The van der Waals surface area contributed by atoms with Crippen molar-refractivity contribution < 1.29 is 19.1 Å². The molecule has 4 aliphatic carbocycles. The van der Waals surface area contributed by atoms with E-state index in [-0.39, 0.29) is 40.5 Å². The van der Waals surface area contributed by atoms with E-state index in [1.54, 1.807) is 6.92 Å². The Morgan fingerprint density at radius 3 is 2.44 bits per heavy atom. The lowest BCUT2D eigenvalue weighted by molar-refractivity contribution is -0.149. The van der Waals surface area contributed by atoms with Crippen LogP contribution >= 0.6 is 0 Å². The first-order chi connectivity index (χ1) is 12.7. The minimum Gasteiger partial charge on any atom is -0.462 e. The van der Waals surface area contributed by atoms with E-state index >= 15 is 0 Å². The van der Waals surface area contributed by atoms with Crippen LogP contribution in [0, 0.1) is 34.5 Å². The summed E-state index contributed by atoms with van der Waals surface area (Å²) in [5.41, 5.74) is 1.21. The van der Waals surface area contributed by atoms with E-state index in [2.05, 4.69) is 13.8 Å². The second-order valence-corrected chi connectivity index (χ2v) is 9.99. The molecule has 0 heterocycles. The fourth-order valence-corrected chi connectivity index (χ4v) is 7.37. The highest BCUT2D eigenvalue weighted by Crippen LogP contribution is 2.65. The zero-order valence-electron chi connectivity index (χ0n) is 17.0. The molecule has 4 rings (SSSR count). The van der Waals surface area contributed by atoms with Crippen molar-refractivity contribution in [3.63, 3.8) is 0 Å². The number of rotatable bonds is 2. The van der Waals surface area contributed by atoms with Crippen LogP contribution in [-0.4, -0.2) is 23.6 Å². The van der Waals surface area contributed by atoms with E-state index in [1.807, 2.05) is 6.08 Å². The van der Waals surface area contributed by atoms with Gasteiger partial charge in [-0.1, -0.05) is 19.4 Å². The molecular weight excluding hydrogens is 340 g/mol. The molecule has 4 heteroatoms. The molecule has 0 unspecified atom stereocenters. The van der Waals surface area contributed by atoms with Gasteiger partial charge in [-0.05, 0) is 74.2 Å².